The van der Waals surface area contributed by atoms with E-state index in [1.54, 1.807) is 12.1 Å². The van der Waals surface area contributed by atoms with Crippen molar-refractivity contribution in [2.75, 3.05) is 0 Å². The quantitative estimate of drug-likeness (QED) is 0.471. The van der Waals surface area contributed by atoms with E-state index in [-0.39, 0.29) is 5.78 Å². The van der Waals surface area contributed by atoms with Crippen LogP contribution in [0.3, 0.4) is 0 Å². The molecule has 0 aliphatic heterocycles. The molecule has 0 spiro atoms. The van der Waals surface area contributed by atoms with Crippen LogP contribution in [0.25, 0.3) is 0 Å². The van der Waals surface area contributed by atoms with Crippen molar-refractivity contribution in [2.24, 2.45) is 0 Å². The Morgan fingerprint density at radius 3 is 2.16 bits per heavy atom. The maximum atomic E-state index is 12.0. The first kappa shape index (κ1) is 12.8. The van der Waals surface area contributed by atoms with E-state index in [9.17, 15) is 4.79 Å². The van der Waals surface area contributed by atoms with E-state index in [2.05, 4.69) is 6.07 Å². The number of carbonyl (C=O) groups is 1. The number of benzene rings is 2. The van der Waals surface area contributed by atoms with Crippen molar-refractivity contribution in [3.63, 3.8) is 0 Å². The standard InChI is InChI=1S/C17H13NO/c18-13-15(11-14-7-3-1-4-8-14)12-17(19)16-9-5-2-6-10-16/h1-10,12H,11H2/b15-12-. The normalized spacial score (nSPS) is 10.8. The fourth-order valence-electron chi connectivity index (χ4n) is 1.78. The van der Waals surface area contributed by atoms with Crippen molar-refractivity contribution < 1.29 is 4.79 Å². The predicted molar refractivity (Wildman–Crippen MR) is 74.6 cm³/mol. The summed E-state index contributed by atoms with van der Waals surface area (Å²) >= 11 is 0. The van der Waals surface area contributed by atoms with Crippen molar-refractivity contribution in [2.45, 2.75) is 6.42 Å². The summed E-state index contributed by atoms with van der Waals surface area (Å²) in [4.78, 5) is 12.0. The molecule has 92 valence electrons. The van der Waals surface area contributed by atoms with Gasteiger partial charge in [0, 0.05) is 23.6 Å². The summed E-state index contributed by atoms with van der Waals surface area (Å²) in [5.74, 6) is -0.131. The lowest BCUT2D eigenvalue weighted by molar-refractivity contribution is 0.104. The number of hydrogen-bond acceptors (Lipinski definition) is 2. The summed E-state index contributed by atoms with van der Waals surface area (Å²) in [6, 6.07) is 20.7. The zero-order valence-corrected chi connectivity index (χ0v) is 10.4. The molecule has 2 aromatic carbocycles. The Morgan fingerprint density at radius 2 is 1.58 bits per heavy atom. The Morgan fingerprint density at radius 1 is 1.00 bits per heavy atom. The predicted octanol–water partition coefficient (Wildman–Crippen LogP) is 3.56. The first-order valence-corrected chi connectivity index (χ1v) is 6.03. The molecule has 19 heavy (non-hydrogen) atoms. The molecule has 0 amide bonds. The van der Waals surface area contributed by atoms with Crippen LogP contribution >= 0.6 is 0 Å². The van der Waals surface area contributed by atoms with Crippen molar-refractivity contribution in [1.29, 1.82) is 5.26 Å². The van der Waals surface area contributed by atoms with Gasteiger partial charge in [0.25, 0.3) is 0 Å². The average Bonchev–Trinajstić information content (AvgIpc) is 2.48. The highest BCUT2D eigenvalue weighted by atomic mass is 16.1. The average molecular weight is 247 g/mol. The minimum atomic E-state index is -0.131. The molecule has 0 atom stereocenters. The van der Waals surface area contributed by atoms with E-state index in [0.29, 0.717) is 17.6 Å². The number of nitrogens with zero attached hydrogens (tertiary/aromatic N) is 1. The van der Waals surface area contributed by atoms with Crippen LogP contribution in [0, 0.1) is 11.3 Å². The van der Waals surface area contributed by atoms with Gasteiger partial charge in [0.1, 0.15) is 0 Å². The molecule has 0 radical (unpaired) electrons. The molecule has 0 saturated carbocycles. The minimum absolute atomic E-state index is 0.131. The van der Waals surface area contributed by atoms with Crippen molar-refractivity contribution >= 4 is 5.78 Å². The molecular formula is C17H13NO. The summed E-state index contributed by atoms with van der Waals surface area (Å²) in [6.45, 7) is 0. The highest BCUT2D eigenvalue weighted by Gasteiger charge is 2.05. The van der Waals surface area contributed by atoms with Gasteiger partial charge in [0.2, 0.25) is 0 Å². The van der Waals surface area contributed by atoms with Gasteiger partial charge in [0.05, 0.1) is 6.07 Å². The molecule has 0 bridgehead atoms. The SMILES string of the molecule is N#C/C(=C\C(=O)c1ccccc1)Cc1ccccc1. The van der Waals surface area contributed by atoms with Gasteiger partial charge < -0.3 is 0 Å². The summed E-state index contributed by atoms with van der Waals surface area (Å²) in [7, 11) is 0. The van der Waals surface area contributed by atoms with Crippen LogP contribution in [0.5, 0.6) is 0 Å². The van der Waals surface area contributed by atoms with Crippen LogP contribution < -0.4 is 0 Å². The van der Waals surface area contributed by atoms with Gasteiger partial charge in [-0.2, -0.15) is 5.26 Å². The maximum Gasteiger partial charge on any atom is 0.186 e. The number of nitriles is 1. The fraction of sp³-hybridized carbons (Fsp3) is 0.0588. The smallest absolute Gasteiger partial charge is 0.186 e. The first-order valence-electron chi connectivity index (χ1n) is 6.03. The Hall–Kier alpha value is -2.66. The molecule has 0 aromatic heterocycles. The fourth-order valence-corrected chi connectivity index (χ4v) is 1.78. The van der Waals surface area contributed by atoms with Crippen LogP contribution in [-0.4, -0.2) is 5.78 Å². The number of rotatable bonds is 4. The van der Waals surface area contributed by atoms with Gasteiger partial charge in [-0.05, 0) is 5.56 Å². The third-order valence-corrected chi connectivity index (χ3v) is 2.74. The Bertz CT molecular complexity index is 621. The largest absolute Gasteiger partial charge is 0.289 e. The van der Waals surface area contributed by atoms with Gasteiger partial charge in [-0.3, -0.25) is 4.79 Å². The highest BCUT2D eigenvalue weighted by Crippen LogP contribution is 2.09. The molecule has 2 nitrogen and oxygen atoms in total. The third-order valence-electron chi connectivity index (χ3n) is 2.74. The molecule has 0 aliphatic rings. The van der Waals surface area contributed by atoms with E-state index in [1.165, 1.54) is 6.08 Å². The Labute approximate surface area is 112 Å². The van der Waals surface area contributed by atoms with E-state index in [0.717, 1.165) is 5.56 Å². The number of allylic oxidation sites excluding steroid dienone is 2. The van der Waals surface area contributed by atoms with E-state index in [1.807, 2.05) is 48.5 Å². The van der Waals surface area contributed by atoms with E-state index in [4.69, 9.17) is 5.26 Å². The molecule has 2 aromatic rings. The monoisotopic (exact) mass is 247 g/mol. The summed E-state index contributed by atoms with van der Waals surface area (Å²) in [5, 5.41) is 9.11. The third kappa shape index (κ3) is 3.65. The first-order chi connectivity index (χ1) is 9.29. The van der Waals surface area contributed by atoms with Crippen LogP contribution in [0.1, 0.15) is 15.9 Å². The van der Waals surface area contributed by atoms with Crippen LogP contribution in [0.15, 0.2) is 72.3 Å². The van der Waals surface area contributed by atoms with Gasteiger partial charge in [0.15, 0.2) is 5.78 Å². The van der Waals surface area contributed by atoms with Crippen LogP contribution in [0.4, 0.5) is 0 Å². The van der Waals surface area contributed by atoms with Crippen LogP contribution in [-0.2, 0) is 6.42 Å². The molecule has 2 rings (SSSR count). The summed E-state index contributed by atoms with van der Waals surface area (Å²) in [5.41, 5.74) is 2.10. The molecule has 0 N–H and O–H groups in total. The molecule has 0 unspecified atom stereocenters. The second-order valence-electron chi connectivity index (χ2n) is 4.17. The molecule has 0 aliphatic carbocycles. The zero-order valence-electron chi connectivity index (χ0n) is 10.4. The lowest BCUT2D eigenvalue weighted by Gasteiger charge is -2.00. The van der Waals surface area contributed by atoms with Crippen molar-refractivity contribution in [3.8, 4) is 6.07 Å². The lowest BCUT2D eigenvalue weighted by Crippen LogP contribution is -1.97. The van der Waals surface area contributed by atoms with Gasteiger partial charge in [-0.25, -0.2) is 0 Å². The lowest BCUT2D eigenvalue weighted by atomic mass is 10.0. The van der Waals surface area contributed by atoms with Gasteiger partial charge >= 0.3 is 0 Å². The molecular weight excluding hydrogens is 234 g/mol. The highest BCUT2D eigenvalue weighted by molar-refractivity contribution is 6.05. The Kier molecular flexibility index (Phi) is 4.25. The van der Waals surface area contributed by atoms with E-state index < -0.39 is 0 Å². The topological polar surface area (TPSA) is 40.9 Å². The van der Waals surface area contributed by atoms with Gasteiger partial charge in [-0.15, -0.1) is 0 Å². The number of ketones is 1. The van der Waals surface area contributed by atoms with Crippen molar-refractivity contribution in [1.82, 2.24) is 0 Å². The molecule has 0 saturated heterocycles. The second kappa shape index (κ2) is 6.32. The summed E-state index contributed by atoms with van der Waals surface area (Å²) < 4.78 is 0. The minimum Gasteiger partial charge on any atom is -0.289 e. The molecule has 0 heterocycles. The van der Waals surface area contributed by atoms with Crippen LogP contribution in [0.2, 0.25) is 0 Å². The van der Waals surface area contributed by atoms with Gasteiger partial charge in [-0.1, -0.05) is 60.7 Å². The summed E-state index contributed by atoms with van der Waals surface area (Å²) in [6.07, 6.45) is 1.90. The number of hydrogen-bond donors (Lipinski definition) is 0. The maximum absolute atomic E-state index is 12.0. The van der Waals surface area contributed by atoms with Crippen molar-refractivity contribution in [3.05, 3.63) is 83.4 Å². The molecule has 0 fully saturated rings. The van der Waals surface area contributed by atoms with E-state index >= 15 is 0 Å². The number of carbonyl (C=O) groups excluding carboxylic acids is 1. The second-order valence-corrected chi connectivity index (χ2v) is 4.17. The zero-order chi connectivity index (χ0) is 13.5. The Balaban J connectivity index is 2.17. The molecule has 2 heteroatoms.